The maximum Gasteiger partial charge on any atom is 0.250 e. The molecule has 1 saturated heterocycles. The summed E-state index contributed by atoms with van der Waals surface area (Å²) in [5, 5.41) is 6.08. The van der Waals surface area contributed by atoms with Gasteiger partial charge in [0.05, 0.1) is 19.8 Å². The number of carbonyl (C=O) groups excluding carboxylic acids is 1. The van der Waals surface area contributed by atoms with Crippen molar-refractivity contribution in [2.24, 2.45) is 0 Å². The van der Waals surface area contributed by atoms with Crippen LogP contribution in [0.3, 0.4) is 0 Å². The second-order valence-electron chi connectivity index (χ2n) is 6.29. The number of rotatable bonds is 6. The normalized spacial score (nSPS) is 21.5. The first-order chi connectivity index (χ1) is 11.8. The van der Waals surface area contributed by atoms with Crippen LogP contribution in [0.2, 0.25) is 0 Å². The Morgan fingerprint density at radius 1 is 1.33 bits per heavy atom. The number of ether oxygens (including phenoxy) is 3. The number of morpholine rings is 1. The van der Waals surface area contributed by atoms with Gasteiger partial charge in [-0.3, -0.25) is 4.79 Å². The molecule has 0 radical (unpaired) electrons. The lowest BCUT2D eigenvalue weighted by molar-refractivity contribution is -0.134. The summed E-state index contributed by atoms with van der Waals surface area (Å²) in [4.78, 5) is 12.1. The van der Waals surface area contributed by atoms with E-state index in [4.69, 9.17) is 14.2 Å². The number of hydrogen-bond donors (Lipinski definition) is 2. The zero-order valence-corrected chi connectivity index (χ0v) is 14.2. The molecule has 0 spiro atoms. The van der Waals surface area contributed by atoms with Gasteiger partial charge >= 0.3 is 0 Å². The summed E-state index contributed by atoms with van der Waals surface area (Å²) in [5.41, 5.74) is 0.987. The fourth-order valence-corrected chi connectivity index (χ4v) is 3.15. The van der Waals surface area contributed by atoms with Gasteiger partial charge in [-0.2, -0.15) is 0 Å². The Morgan fingerprint density at radius 2 is 2.17 bits per heavy atom. The zero-order valence-electron chi connectivity index (χ0n) is 14.2. The number of hydrogen-bond acceptors (Lipinski definition) is 5. The van der Waals surface area contributed by atoms with Gasteiger partial charge in [0.15, 0.2) is 11.5 Å². The maximum absolute atomic E-state index is 12.1. The topological polar surface area (TPSA) is 68.8 Å². The molecule has 1 saturated carbocycles. The highest BCUT2D eigenvalue weighted by Gasteiger charge is 2.22. The first-order valence-corrected chi connectivity index (χ1v) is 8.70. The molecule has 1 aromatic carbocycles. The third kappa shape index (κ3) is 4.39. The van der Waals surface area contributed by atoms with Crippen LogP contribution >= 0.6 is 0 Å². The summed E-state index contributed by atoms with van der Waals surface area (Å²) in [6.07, 6.45) is 4.49. The monoisotopic (exact) mass is 334 g/mol. The smallest absolute Gasteiger partial charge is 0.250 e. The van der Waals surface area contributed by atoms with Crippen molar-refractivity contribution in [2.75, 3.05) is 26.8 Å². The third-order valence-corrected chi connectivity index (χ3v) is 4.51. The molecule has 6 nitrogen and oxygen atoms in total. The highest BCUT2D eigenvalue weighted by atomic mass is 16.5. The Balaban J connectivity index is 1.59. The van der Waals surface area contributed by atoms with E-state index < -0.39 is 6.10 Å². The van der Waals surface area contributed by atoms with Crippen LogP contribution < -0.4 is 20.1 Å². The van der Waals surface area contributed by atoms with E-state index in [-0.39, 0.29) is 12.0 Å². The SMILES string of the molecule is COc1ccc(CNC(=O)C2CNCCO2)cc1OC1CCCC1. The first kappa shape index (κ1) is 17.0. The number of amides is 1. The molecule has 2 aliphatic rings. The van der Waals surface area contributed by atoms with E-state index in [1.807, 2.05) is 18.2 Å². The molecule has 6 heteroatoms. The minimum Gasteiger partial charge on any atom is -0.493 e. The second-order valence-corrected chi connectivity index (χ2v) is 6.29. The molecule has 1 aliphatic carbocycles. The number of nitrogens with one attached hydrogen (secondary N) is 2. The molecule has 1 atom stereocenters. The Bertz CT molecular complexity index is 552. The van der Waals surface area contributed by atoms with Crippen molar-refractivity contribution in [3.63, 3.8) is 0 Å². The lowest BCUT2D eigenvalue weighted by Gasteiger charge is -2.23. The van der Waals surface area contributed by atoms with Crippen molar-refractivity contribution in [1.29, 1.82) is 0 Å². The Morgan fingerprint density at radius 3 is 2.88 bits per heavy atom. The molecule has 1 amide bonds. The summed E-state index contributed by atoms with van der Waals surface area (Å²) in [7, 11) is 1.64. The van der Waals surface area contributed by atoms with Crippen molar-refractivity contribution >= 4 is 5.91 Å². The van der Waals surface area contributed by atoms with Crippen LogP contribution in [0.5, 0.6) is 11.5 Å². The van der Waals surface area contributed by atoms with E-state index in [2.05, 4.69) is 10.6 Å². The van der Waals surface area contributed by atoms with Crippen molar-refractivity contribution in [3.8, 4) is 11.5 Å². The summed E-state index contributed by atoms with van der Waals surface area (Å²) in [6.45, 7) is 2.37. The molecule has 1 heterocycles. The zero-order chi connectivity index (χ0) is 16.8. The molecule has 3 rings (SSSR count). The van der Waals surface area contributed by atoms with Gasteiger partial charge in [-0.15, -0.1) is 0 Å². The number of benzene rings is 1. The Kier molecular flexibility index (Phi) is 5.93. The van der Waals surface area contributed by atoms with E-state index in [1.165, 1.54) is 12.8 Å². The maximum atomic E-state index is 12.1. The number of methoxy groups -OCH3 is 1. The van der Waals surface area contributed by atoms with Crippen LogP contribution in [0.15, 0.2) is 18.2 Å². The minimum atomic E-state index is -0.411. The molecule has 24 heavy (non-hydrogen) atoms. The number of carbonyl (C=O) groups is 1. The molecule has 2 fully saturated rings. The highest BCUT2D eigenvalue weighted by molar-refractivity contribution is 5.81. The van der Waals surface area contributed by atoms with Crippen LogP contribution in [0.1, 0.15) is 31.2 Å². The van der Waals surface area contributed by atoms with E-state index in [9.17, 15) is 4.79 Å². The van der Waals surface area contributed by atoms with Gasteiger partial charge < -0.3 is 24.8 Å². The molecule has 0 aromatic heterocycles. The van der Waals surface area contributed by atoms with Crippen LogP contribution in [0.25, 0.3) is 0 Å². The highest BCUT2D eigenvalue weighted by Crippen LogP contribution is 2.32. The predicted molar refractivity (Wildman–Crippen MR) is 90.3 cm³/mol. The summed E-state index contributed by atoms with van der Waals surface area (Å²) >= 11 is 0. The molecule has 1 aromatic rings. The van der Waals surface area contributed by atoms with Crippen LogP contribution in [0, 0.1) is 0 Å². The van der Waals surface area contributed by atoms with Gasteiger partial charge in [-0.05, 0) is 43.4 Å². The molecule has 0 bridgehead atoms. The molecular formula is C18H26N2O4. The van der Waals surface area contributed by atoms with Crippen LogP contribution in [-0.2, 0) is 16.1 Å². The Labute approximate surface area is 142 Å². The van der Waals surface area contributed by atoms with Gasteiger partial charge in [0.2, 0.25) is 0 Å². The minimum absolute atomic E-state index is 0.0868. The van der Waals surface area contributed by atoms with E-state index in [0.717, 1.165) is 36.4 Å². The van der Waals surface area contributed by atoms with Gasteiger partial charge in [0.1, 0.15) is 6.10 Å². The van der Waals surface area contributed by atoms with Crippen molar-refractivity contribution in [2.45, 2.75) is 44.4 Å². The molecule has 2 N–H and O–H groups in total. The second kappa shape index (κ2) is 8.35. The average molecular weight is 334 g/mol. The van der Waals surface area contributed by atoms with Crippen molar-refractivity contribution < 1.29 is 19.0 Å². The average Bonchev–Trinajstić information content (AvgIpc) is 3.13. The van der Waals surface area contributed by atoms with Crippen LogP contribution in [0.4, 0.5) is 0 Å². The van der Waals surface area contributed by atoms with Crippen molar-refractivity contribution in [1.82, 2.24) is 10.6 Å². The van der Waals surface area contributed by atoms with Gasteiger partial charge in [0, 0.05) is 19.6 Å². The van der Waals surface area contributed by atoms with Gasteiger partial charge in [-0.1, -0.05) is 6.07 Å². The molecule has 1 aliphatic heterocycles. The Hall–Kier alpha value is -1.79. The van der Waals surface area contributed by atoms with E-state index >= 15 is 0 Å². The summed E-state index contributed by atoms with van der Waals surface area (Å²) in [6, 6.07) is 5.79. The third-order valence-electron chi connectivity index (χ3n) is 4.51. The van der Waals surface area contributed by atoms with E-state index in [0.29, 0.717) is 19.7 Å². The quantitative estimate of drug-likeness (QED) is 0.827. The predicted octanol–water partition coefficient (Wildman–Crippen LogP) is 1.62. The van der Waals surface area contributed by atoms with Gasteiger partial charge in [-0.25, -0.2) is 0 Å². The molecule has 132 valence electrons. The first-order valence-electron chi connectivity index (χ1n) is 8.70. The lowest BCUT2D eigenvalue weighted by Crippen LogP contribution is -2.47. The largest absolute Gasteiger partial charge is 0.493 e. The van der Waals surface area contributed by atoms with Gasteiger partial charge in [0.25, 0.3) is 5.91 Å². The summed E-state index contributed by atoms with van der Waals surface area (Å²) in [5.74, 6) is 1.40. The van der Waals surface area contributed by atoms with E-state index in [1.54, 1.807) is 7.11 Å². The fraction of sp³-hybridized carbons (Fsp3) is 0.611. The summed E-state index contributed by atoms with van der Waals surface area (Å²) < 4.78 is 16.9. The fourth-order valence-electron chi connectivity index (χ4n) is 3.15. The standard InChI is InChI=1S/C18H26N2O4/c1-22-15-7-6-13(10-16(15)24-14-4-2-3-5-14)11-20-18(21)17-12-19-8-9-23-17/h6-7,10,14,17,19H,2-5,8-9,11-12H2,1H3,(H,20,21). The lowest BCUT2D eigenvalue weighted by atomic mass is 10.2. The van der Waals surface area contributed by atoms with Crippen LogP contribution in [-0.4, -0.2) is 44.9 Å². The molecular weight excluding hydrogens is 308 g/mol. The van der Waals surface area contributed by atoms with Crippen molar-refractivity contribution in [3.05, 3.63) is 23.8 Å². The molecule has 1 unspecified atom stereocenters.